The van der Waals surface area contributed by atoms with Crippen LogP contribution in [0.4, 0.5) is 0 Å². The number of carbonyl (C=O) groups excluding carboxylic acids is 3. The zero-order valence-electron chi connectivity index (χ0n) is 20.1. The van der Waals surface area contributed by atoms with Gasteiger partial charge in [-0.05, 0) is 32.1 Å². The van der Waals surface area contributed by atoms with Gasteiger partial charge in [-0.1, -0.05) is 13.8 Å². The fraction of sp³-hybridized carbons (Fsp3) is 0.700. The number of nitrogens with zero attached hydrogens (tertiary/aromatic N) is 1. The molecule has 35 heavy (non-hydrogen) atoms. The van der Waals surface area contributed by atoms with E-state index >= 15 is 0 Å². The summed E-state index contributed by atoms with van der Waals surface area (Å²) in [6.07, 6.45) is -1.73. The van der Waals surface area contributed by atoms with Gasteiger partial charge in [-0.15, -0.1) is 0 Å². The number of rotatable bonds is 16. The molecule has 5 unspecified atom stereocenters. The average Bonchev–Trinajstić information content (AvgIpc) is 2.72. The van der Waals surface area contributed by atoms with Gasteiger partial charge in [0.2, 0.25) is 17.7 Å². The normalized spacial score (nSPS) is 15.1. The van der Waals surface area contributed by atoms with E-state index < -0.39 is 66.4 Å². The maximum Gasteiger partial charge on any atom is 0.326 e. The van der Waals surface area contributed by atoms with Crippen LogP contribution < -0.4 is 33.2 Å². The highest BCUT2D eigenvalue weighted by molar-refractivity contribution is 5.95. The van der Waals surface area contributed by atoms with E-state index in [1.807, 2.05) is 0 Å². The van der Waals surface area contributed by atoms with Crippen molar-refractivity contribution in [3.63, 3.8) is 0 Å². The number of nitrogens with two attached hydrogens (primary N) is 3. The Morgan fingerprint density at radius 3 is 1.91 bits per heavy atom. The van der Waals surface area contributed by atoms with Crippen LogP contribution in [0.15, 0.2) is 4.99 Å². The van der Waals surface area contributed by atoms with Crippen LogP contribution >= 0.6 is 0 Å². The first kappa shape index (κ1) is 31.5. The summed E-state index contributed by atoms with van der Waals surface area (Å²) in [7, 11) is 0. The monoisotopic (exact) mass is 503 g/mol. The molecule has 12 N–H and O–H groups in total. The number of aliphatic hydroxyl groups excluding tert-OH is 1. The zero-order valence-corrected chi connectivity index (χ0v) is 20.1. The van der Waals surface area contributed by atoms with Crippen LogP contribution in [0.25, 0.3) is 0 Å². The lowest BCUT2D eigenvalue weighted by atomic mass is 10.0. The molecule has 200 valence electrons. The summed E-state index contributed by atoms with van der Waals surface area (Å²) in [5, 5.41) is 35.1. The van der Waals surface area contributed by atoms with Crippen LogP contribution in [0.2, 0.25) is 0 Å². The third kappa shape index (κ3) is 13.1. The van der Waals surface area contributed by atoms with Crippen LogP contribution in [-0.4, -0.2) is 87.8 Å². The number of aliphatic hydroxyl groups is 1. The van der Waals surface area contributed by atoms with Crippen LogP contribution in [-0.2, 0) is 24.0 Å². The smallest absolute Gasteiger partial charge is 0.326 e. The molecule has 0 aliphatic carbocycles. The van der Waals surface area contributed by atoms with Gasteiger partial charge in [-0.3, -0.25) is 24.2 Å². The number of nitrogens with one attached hydrogen (secondary N) is 3. The molecular weight excluding hydrogens is 466 g/mol. The highest BCUT2D eigenvalue weighted by Crippen LogP contribution is 2.07. The molecule has 0 fully saturated rings. The first-order valence-electron chi connectivity index (χ1n) is 11.0. The van der Waals surface area contributed by atoms with Crippen LogP contribution in [0.5, 0.6) is 0 Å². The summed E-state index contributed by atoms with van der Waals surface area (Å²) in [5.74, 6) is -5.81. The van der Waals surface area contributed by atoms with Crippen LogP contribution in [0.3, 0.4) is 0 Å². The minimum atomic E-state index is -1.62. The quantitative estimate of drug-likeness (QED) is 0.0574. The first-order valence-corrected chi connectivity index (χ1v) is 11.0. The minimum Gasteiger partial charge on any atom is -0.481 e. The number of amides is 3. The summed E-state index contributed by atoms with van der Waals surface area (Å²) in [5.41, 5.74) is 16.2. The average molecular weight is 504 g/mol. The van der Waals surface area contributed by atoms with Gasteiger partial charge in [0.1, 0.15) is 18.1 Å². The Hall–Kier alpha value is -3.46. The Morgan fingerprint density at radius 2 is 1.46 bits per heavy atom. The molecule has 0 bridgehead atoms. The van der Waals surface area contributed by atoms with Gasteiger partial charge in [0.25, 0.3) is 0 Å². The van der Waals surface area contributed by atoms with E-state index in [2.05, 4.69) is 20.9 Å². The van der Waals surface area contributed by atoms with Crippen molar-refractivity contribution in [1.82, 2.24) is 16.0 Å². The Balaban J connectivity index is 5.34. The highest BCUT2D eigenvalue weighted by Gasteiger charge is 2.33. The molecule has 0 aromatic rings. The largest absolute Gasteiger partial charge is 0.481 e. The topological polar surface area (TPSA) is 273 Å². The molecule has 0 aromatic heterocycles. The van der Waals surface area contributed by atoms with Crippen molar-refractivity contribution in [3.8, 4) is 0 Å². The van der Waals surface area contributed by atoms with Crippen molar-refractivity contribution in [2.45, 2.75) is 76.7 Å². The summed E-state index contributed by atoms with van der Waals surface area (Å²) < 4.78 is 0. The minimum absolute atomic E-state index is 0.0742. The summed E-state index contributed by atoms with van der Waals surface area (Å²) in [6.45, 7) is 4.89. The van der Waals surface area contributed by atoms with Crippen molar-refractivity contribution in [1.29, 1.82) is 0 Å². The number of hydrogen-bond acceptors (Lipinski definition) is 8. The predicted molar refractivity (Wildman–Crippen MR) is 125 cm³/mol. The lowest BCUT2D eigenvalue weighted by Gasteiger charge is -2.26. The Morgan fingerprint density at radius 1 is 0.886 bits per heavy atom. The summed E-state index contributed by atoms with van der Waals surface area (Å²) in [6, 6.07) is -5.61. The SMILES string of the molecule is CC(C)CC(NC(=O)C(NC(=O)C(CC(=O)O)NC(=O)C(N)CCCN=C(N)N)C(C)O)C(=O)O. The van der Waals surface area contributed by atoms with Crippen LogP contribution in [0, 0.1) is 5.92 Å². The van der Waals surface area contributed by atoms with Crippen molar-refractivity contribution >= 4 is 35.6 Å². The van der Waals surface area contributed by atoms with Gasteiger partial charge in [-0.25, -0.2) is 4.79 Å². The van der Waals surface area contributed by atoms with Gasteiger partial charge in [0.15, 0.2) is 5.96 Å². The molecule has 15 heteroatoms. The second kappa shape index (κ2) is 15.4. The van der Waals surface area contributed by atoms with E-state index in [0.29, 0.717) is 6.42 Å². The highest BCUT2D eigenvalue weighted by atomic mass is 16.4. The van der Waals surface area contributed by atoms with E-state index in [1.54, 1.807) is 13.8 Å². The molecule has 0 saturated carbocycles. The van der Waals surface area contributed by atoms with E-state index in [1.165, 1.54) is 6.92 Å². The summed E-state index contributed by atoms with van der Waals surface area (Å²) in [4.78, 5) is 64.0. The van der Waals surface area contributed by atoms with E-state index in [4.69, 9.17) is 22.3 Å². The molecule has 15 nitrogen and oxygen atoms in total. The third-order valence-corrected chi connectivity index (χ3v) is 4.70. The number of aliphatic imine (C=N–C) groups is 1. The predicted octanol–water partition coefficient (Wildman–Crippen LogP) is -3.19. The second-order valence-corrected chi connectivity index (χ2v) is 8.47. The number of carboxylic acid groups (broad SMARTS) is 2. The molecule has 5 atom stereocenters. The van der Waals surface area contributed by atoms with Gasteiger partial charge in [0.05, 0.1) is 18.6 Å². The maximum atomic E-state index is 12.7. The number of hydrogen-bond donors (Lipinski definition) is 9. The maximum absolute atomic E-state index is 12.7. The van der Waals surface area contributed by atoms with Gasteiger partial charge in [-0.2, -0.15) is 0 Å². The number of carbonyl (C=O) groups is 5. The fourth-order valence-corrected chi connectivity index (χ4v) is 2.93. The van der Waals surface area contributed by atoms with E-state index in [9.17, 15) is 34.2 Å². The van der Waals surface area contributed by atoms with E-state index in [0.717, 1.165) is 0 Å². The Labute approximate surface area is 202 Å². The second-order valence-electron chi connectivity index (χ2n) is 8.47. The molecular formula is C20H37N7O8. The van der Waals surface area contributed by atoms with Crippen molar-refractivity contribution in [2.75, 3.05) is 6.54 Å². The standard InChI is InChI=1S/C20H37N7O8/c1-9(2)7-13(19(34)35)26-18(33)15(10(3)28)27-17(32)12(8-14(29)30)25-16(31)11(21)5-4-6-24-20(22)23/h9-13,15,28H,4-8,21H2,1-3H3,(H,25,31)(H,26,33)(H,27,32)(H,29,30)(H,34,35)(H4,22,23,24). The van der Waals surface area contributed by atoms with Gasteiger partial charge in [0, 0.05) is 6.54 Å². The fourth-order valence-electron chi connectivity index (χ4n) is 2.93. The molecule has 3 amide bonds. The van der Waals surface area contributed by atoms with Gasteiger partial charge >= 0.3 is 11.9 Å². The Bertz CT molecular complexity index is 783. The number of guanidine groups is 1. The Kier molecular flexibility index (Phi) is 13.9. The molecule has 0 heterocycles. The molecule has 0 spiro atoms. The molecule has 0 aromatic carbocycles. The van der Waals surface area contributed by atoms with Crippen molar-refractivity contribution in [3.05, 3.63) is 0 Å². The number of carboxylic acids is 2. The molecule has 0 radical (unpaired) electrons. The summed E-state index contributed by atoms with van der Waals surface area (Å²) >= 11 is 0. The molecule has 0 rings (SSSR count). The number of aliphatic carboxylic acids is 2. The lowest BCUT2D eigenvalue weighted by Crippen LogP contribution is -2.60. The van der Waals surface area contributed by atoms with Gasteiger partial charge < -0.3 is 48.5 Å². The van der Waals surface area contributed by atoms with Crippen molar-refractivity contribution < 1.29 is 39.3 Å². The lowest BCUT2D eigenvalue weighted by molar-refractivity contribution is -0.144. The van der Waals surface area contributed by atoms with Crippen molar-refractivity contribution in [2.24, 2.45) is 28.1 Å². The first-order chi connectivity index (χ1) is 16.1. The zero-order chi connectivity index (χ0) is 27.3. The van der Waals surface area contributed by atoms with Crippen LogP contribution in [0.1, 0.15) is 46.5 Å². The molecule has 0 aliphatic rings. The third-order valence-electron chi connectivity index (χ3n) is 4.70. The van der Waals surface area contributed by atoms with E-state index in [-0.39, 0.29) is 31.3 Å². The molecule has 0 saturated heterocycles. The molecule has 0 aliphatic heterocycles.